The van der Waals surface area contributed by atoms with E-state index in [1.807, 2.05) is 6.07 Å². The predicted molar refractivity (Wildman–Crippen MR) is 76.9 cm³/mol. The third-order valence-electron chi connectivity index (χ3n) is 2.94. The zero-order chi connectivity index (χ0) is 14.5. The quantitative estimate of drug-likeness (QED) is 0.823. The van der Waals surface area contributed by atoms with Crippen LogP contribution in [0.4, 0.5) is 0 Å². The van der Waals surface area contributed by atoms with Gasteiger partial charge in [-0.15, -0.1) is 0 Å². The van der Waals surface area contributed by atoms with Gasteiger partial charge < -0.3 is 4.42 Å². The Hall–Kier alpha value is -1.76. The molecule has 1 aromatic heterocycles. The molecule has 0 N–H and O–H groups in total. The zero-order valence-corrected chi connectivity index (χ0v) is 12.0. The van der Waals surface area contributed by atoms with E-state index in [1.165, 1.54) is 0 Å². The molecule has 0 fully saturated rings. The van der Waals surface area contributed by atoms with Crippen LogP contribution in [0.15, 0.2) is 41.0 Å². The number of hydrogen-bond donors (Lipinski definition) is 0. The Balaban J connectivity index is 2.16. The number of rotatable bonds is 5. The van der Waals surface area contributed by atoms with Crippen LogP contribution in [0.25, 0.3) is 0 Å². The van der Waals surface area contributed by atoms with E-state index in [-0.39, 0.29) is 12.2 Å². The van der Waals surface area contributed by atoms with Crippen molar-refractivity contribution in [2.24, 2.45) is 0 Å². The molecule has 1 atom stereocenters. The summed E-state index contributed by atoms with van der Waals surface area (Å²) in [6.07, 6.45) is 2.20. The number of hydrogen-bond acceptors (Lipinski definition) is 3. The summed E-state index contributed by atoms with van der Waals surface area (Å²) in [7, 11) is 0. The van der Waals surface area contributed by atoms with Crippen molar-refractivity contribution in [3.63, 3.8) is 0 Å². The number of aryl methyl sites for hydroxylation is 1. The summed E-state index contributed by atoms with van der Waals surface area (Å²) in [6, 6.07) is 10.4. The number of ketones is 1. The van der Waals surface area contributed by atoms with Crippen LogP contribution in [-0.4, -0.2) is 5.78 Å². The Labute approximate surface area is 126 Å². The van der Waals surface area contributed by atoms with Crippen LogP contribution in [0.1, 0.15) is 23.7 Å². The SMILES string of the molecule is N#CC(C(=O)CCc1ccco1)c1c(Cl)cccc1Cl. The maximum Gasteiger partial charge on any atom is 0.155 e. The van der Waals surface area contributed by atoms with Gasteiger partial charge in [-0.25, -0.2) is 0 Å². The molecule has 20 heavy (non-hydrogen) atoms. The number of halogens is 2. The smallest absolute Gasteiger partial charge is 0.155 e. The molecule has 1 aromatic carbocycles. The highest BCUT2D eigenvalue weighted by Gasteiger charge is 2.24. The standard InChI is InChI=1S/C15H11Cl2NO2/c16-12-4-1-5-13(17)15(12)11(9-18)14(19)7-6-10-3-2-8-20-10/h1-5,8,11H,6-7H2. The van der Waals surface area contributed by atoms with E-state index in [0.717, 1.165) is 0 Å². The van der Waals surface area contributed by atoms with E-state index in [2.05, 4.69) is 0 Å². The minimum Gasteiger partial charge on any atom is -0.469 e. The second-order valence-corrected chi connectivity index (χ2v) is 5.06. The molecular weight excluding hydrogens is 297 g/mol. The van der Waals surface area contributed by atoms with E-state index in [9.17, 15) is 10.1 Å². The fourth-order valence-electron chi connectivity index (χ4n) is 1.93. The first kappa shape index (κ1) is 14.6. The summed E-state index contributed by atoms with van der Waals surface area (Å²) in [5.41, 5.74) is 0.378. The van der Waals surface area contributed by atoms with Crippen LogP contribution >= 0.6 is 23.2 Å². The summed E-state index contributed by atoms with van der Waals surface area (Å²) in [5, 5.41) is 9.90. The average molecular weight is 308 g/mol. The van der Waals surface area contributed by atoms with Crippen LogP contribution in [0.3, 0.4) is 0 Å². The molecule has 0 saturated heterocycles. The normalized spacial score (nSPS) is 11.8. The van der Waals surface area contributed by atoms with Crippen molar-refractivity contribution < 1.29 is 9.21 Å². The van der Waals surface area contributed by atoms with Gasteiger partial charge in [-0.1, -0.05) is 29.3 Å². The van der Waals surface area contributed by atoms with Gasteiger partial charge in [0.15, 0.2) is 5.78 Å². The monoisotopic (exact) mass is 307 g/mol. The molecule has 0 aliphatic carbocycles. The molecule has 0 bridgehead atoms. The summed E-state index contributed by atoms with van der Waals surface area (Å²) in [5.74, 6) is -0.467. The largest absolute Gasteiger partial charge is 0.469 e. The fraction of sp³-hybridized carbons (Fsp3) is 0.200. The Bertz CT molecular complexity index is 624. The second-order valence-electron chi connectivity index (χ2n) is 4.24. The third kappa shape index (κ3) is 3.22. The highest BCUT2D eigenvalue weighted by atomic mass is 35.5. The molecule has 5 heteroatoms. The molecule has 0 amide bonds. The van der Waals surface area contributed by atoms with Crippen molar-refractivity contribution in [2.45, 2.75) is 18.8 Å². The molecule has 2 aromatic rings. The number of benzene rings is 1. The van der Waals surface area contributed by atoms with E-state index in [1.54, 1.807) is 36.6 Å². The van der Waals surface area contributed by atoms with E-state index in [0.29, 0.717) is 27.8 Å². The number of carbonyl (C=O) groups excluding carboxylic acids is 1. The minimum atomic E-state index is -0.953. The maximum atomic E-state index is 12.2. The van der Waals surface area contributed by atoms with Crippen LogP contribution in [-0.2, 0) is 11.2 Å². The number of Topliss-reactive ketones (excluding diaryl/α,β-unsaturated/α-hetero) is 1. The molecule has 2 rings (SSSR count). The highest BCUT2D eigenvalue weighted by molar-refractivity contribution is 6.36. The Morgan fingerprint density at radius 2 is 1.95 bits per heavy atom. The fourth-order valence-corrected chi connectivity index (χ4v) is 2.55. The van der Waals surface area contributed by atoms with Gasteiger partial charge in [0.2, 0.25) is 0 Å². The molecular formula is C15H11Cl2NO2. The first-order chi connectivity index (χ1) is 9.63. The molecule has 0 radical (unpaired) electrons. The lowest BCUT2D eigenvalue weighted by Gasteiger charge is -2.11. The maximum absolute atomic E-state index is 12.2. The predicted octanol–water partition coefficient (Wildman–Crippen LogP) is 4.40. The summed E-state index contributed by atoms with van der Waals surface area (Å²) in [4.78, 5) is 12.2. The molecule has 0 aliphatic heterocycles. The molecule has 102 valence electrons. The summed E-state index contributed by atoms with van der Waals surface area (Å²) < 4.78 is 5.16. The zero-order valence-electron chi connectivity index (χ0n) is 10.5. The number of nitrogens with zero attached hydrogens (tertiary/aromatic N) is 1. The Morgan fingerprint density at radius 1 is 1.25 bits per heavy atom. The van der Waals surface area contributed by atoms with Crippen molar-refractivity contribution >= 4 is 29.0 Å². The lowest BCUT2D eigenvalue weighted by Crippen LogP contribution is -2.12. The Kier molecular flexibility index (Phi) is 4.84. The minimum absolute atomic E-state index is 0.202. The van der Waals surface area contributed by atoms with Gasteiger partial charge in [0.25, 0.3) is 0 Å². The third-order valence-corrected chi connectivity index (χ3v) is 3.60. The molecule has 0 spiro atoms. The van der Waals surface area contributed by atoms with Gasteiger partial charge in [0.05, 0.1) is 12.3 Å². The van der Waals surface area contributed by atoms with Crippen LogP contribution in [0.2, 0.25) is 10.0 Å². The van der Waals surface area contributed by atoms with E-state index < -0.39 is 5.92 Å². The van der Waals surface area contributed by atoms with E-state index in [4.69, 9.17) is 27.6 Å². The van der Waals surface area contributed by atoms with Gasteiger partial charge in [-0.05, 0) is 24.3 Å². The van der Waals surface area contributed by atoms with Crippen molar-refractivity contribution in [2.75, 3.05) is 0 Å². The molecule has 1 heterocycles. The van der Waals surface area contributed by atoms with Gasteiger partial charge in [-0.3, -0.25) is 4.79 Å². The lowest BCUT2D eigenvalue weighted by atomic mass is 9.93. The van der Waals surface area contributed by atoms with Crippen LogP contribution in [0.5, 0.6) is 0 Å². The van der Waals surface area contributed by atoms with Gasteiger partial charge in [-0.2, -0.15) is 5.26 Å². The second kappa shape index (κ2) is 6.60. The first-order valence-electron chi connectivity index (χ1n) is 6.02. The highest BCUT2D eigenvalue weighted by Crippen LogP contribution is 2.32. The average Bonchev–Trinajstić information content (AvgIpc) is 2.93. The molecule has 0 aliphatic rings. The molecule has 1 unspecified atom stereocenters. The number of carbonyl (C=O) groups is 1. The van der Waals surface area contributed by atoms with Gasteiger partial charge in [0, 0.05) is 28.5 Å². The van der Waals surface area contributed by atoms with Crippen LogP contribution in [0, 0.1) is 11.3 Å². The molecule has 0 saturated carbocycles. The van der Waals surface area contributed by atoms with Crippen molar-refractivity contribution in [1.82, 2.24) is 0 Å². The van der Waals surface area contributed by atoms with Crippen LogP contribution < -0.4 is 0 Å². The van der Waals surface area contributed by atoms with Crippen molar-refractivity contribution in [3.8, 4) is 6.07 Å². The number of nitriles is 1. The lowest BCUT2D eigenvalue weighted by molar-refractivity contribution is -0.119. The van der Waals surface area contributed by atoms with Crippen molar-refractivity contribution in [3.05, 3.63) is 58.0 Å². The number of furan rings is 1. The van der Waals surface area contributed by atoms with Gasteiger partial charge in [0.1, 0.15) is 11.7 Å². The Morgan fingerprint density at radius 3 is 2.50 bits per heavy atom. The molecule has 3 nitrogen and oxygen atoms in total. The first-order valence-corrected chi connectivity index (χ1v) is 6.77. The summed E-state index contributed by atoms with van der Waals surface area (Å²) in [6.45, 7) is 0. The topological polar surface area (TPSA) is 54.0 Å². The van der Waals surface area contributed by atoms with Gasteiger partial charge >= 0.3 is 0 Å². The summed E-state index contributed by atoms with van der Waals surface area (Å²) >= 11 is 12.1. The van der Waals surface area contributed by atoms with E-state index >= 15 is 0 Å². The van der Waals surface area contributed by atoms with Crippen molar-refractivity contribution in [1.29, 1.82) is 5.26 Å².